The molecular weight excluding hydrogens is 270 g/mol. The number of hydrogen-bond acceptors (Lipinski definition) is 2. The summed E-state index contributed by atoms with van der Waals surface area (Å²) in [6.45, 7) is 15.2. The SMILES string of the molecule is C.C.C.C[C@@H](CCN(C(C)(C)C)S(C)(=O)=O)C(C)(C)C. The smallest absolute Gasteiger partial charge is 0.211 e. The molecule has 0 spiro atoms. The van der Waals surface area contributed by atoms with Crippen molar-refractivity contribution in [2.24, 2.45) is 11.3 Å². The van der Waals surface area contributed by atoms with Crippen molar-refractivity contribution in [3.05, 3.63) is 0 Å². The van der Waals surface area contributed by atoms with Crippen molar-refractivity contribution >= 4 is 10.0 Å². The molecule has 1 atom stereocenters. The Morgan fingerprint density at radius 3 is 1.50 bits per heavy atom. The lowest BCUT2D eigenvalue weighted by Crippen LogP contribution is -2.46. The lowest BCUT2D eigenvalue weighted by molar-refractivity contribution is 0.192. The lowest BCUT2D eigenvalue weighted by Gasteiger charge is -2.36. The van der Waals surface area contributed by atoms with E-state index < -0.39 is 10.0 Å². The molecule has 0 aliphatic rings. The van der Waals surface area contributed by atoms with Crippen LogP contribution in [0.3, 0.4) is 0 Å². The predicted molar refractivity (Wildman–Crippen MR) is 94.7 cm³/mol. The van der Waals surface area contributed by atoms with Crippen molar-refractivity contribution in [2.45, 2.75) is 82.7 Å². The first-order chi connectivity index (χ1) is 7.26. The highest BCUT2D eigenvalue weighted by atomic mass is 32.2. The first kappa shape index (κ1) is 28.1. The van der Waals surface area contributed by atoms with Gasteiger partial charge in [0.2, 0.25) is 10.0 Å². The zero-order chi connectivity index (χ0) is 14.1. The molecule has 0 aliphatic carbocycles. The van der Waals surface area contributed by atoms with Gasteiger partial charge >= 0.3 is 0 Å². The molecule has 4 heteroatoms. The predicted octanol–water partition coefficient (Wildman–Crippen LogP) is 5.03. The summed E-state index contributed by atoms with van der Waals surface area (Å²) in [5.41, 5.74) is -0.119. The number of rotatable bonds is 4. The van der Waals surface area contributed by atoms with Crippen LogP contribution in [-0.2, 0) is 10.0 Å². The second kappa shape index (κ2) is 9.04. The third kappa shape index (κ3) is 9.76. The van der Waals surface area contributed by atoms with E-state index in [2.05, 4.69) is 27.7 Å². The fourth-order valence-corrected chi connectivity index (χ4v) is 3.17. The number of hydrogen-bond donors (Lipinski definition) is 0. The summed E-state index contributed by atoms with van der Waals surface area (Å²) in [4.78, 5) is 0. The van der Waals surface area contributed by atoms with Crippen LogP contribution >= 0.6 is 0 Å². The molecule has 20 heavy (non-hydrogen) atoms. The number of sulfonamides is 1. The molecule has 3 nitrogen and oxygen atoms in total. The molecule has 0 unspecified atom stereocenters. The summed E-state index contributed by atoms with van der Waals surface area (Å²) in [5, 5.41) is 0. The zero-order valence-electron chi connectivity index (χ0n) is 12.7. The Bertz CT molecular complexity index is 334. The van der Waals surface area contributed by atoms with Gasteiger partial charge < -0.3 is 0 Å². The average molecular weight is 312 g/mol. The van der Waals surface area contributed by atoms with Crippen molar-refractivity contribution in [3.8, 4) is 0 Å². The second-order valence-electron chi connectivity index (χ2n) is 7.06. The van der Waals surface area contributed by atoms with Crippen molar-refractivity contribution in [3.63, 3.8) is 0 Å². The molecule has 128 valence electrons. The minimum Gasteiger partial charge on any atom is -0.212 e. The van der Waals surface area contributed by atoms with E-state index in [9.17, 15) is 8.42 Å². The van der Waals surface area contributed by atoms with Crippen molar-refractivity contribution in [1.82, 2.24) is 4.31 Å². The molecule has 0 amide bonds. The van der Waals surface area contributed by atoms with Crippen LogP contribution in [0.2, 0.25) is 0 Å². The Morgan fingerprint density at radius 2 is 1.30 bits per heavy atom. The molecule has 0 radical (unpaired) electrons. The summed E-state index contributed by atoms with van der Waals surface area (Å²) < 4.78 is 25.1. The highest BCUT2D eigenvalue weighted by molar-refractivity contribution is 7.88. The van der Waals surface area contributed by atoms with Gasteiger partial charge in [0.1, 0.15) is 0 Å². The van der Waals surface area contributed by atoms with E-state index in [-0.39, 0.29) is 33.2 Å². The van der Waals surface area contributed by atoms with E-state index in [1.165, 1.54) is 6.26 Å². The Kier molecular flexibility index (Phi) is 12.7. The molecule has 0 saturated heterocycles. The summed E-state index contributed by atoms with van der Waals surface area (Å²) >= 11 is 0. The molecular formula is C16H41NO2S. The van der Waals surface area contributed by atoms with Crippen LogP contribution in [0.25, 0.3) is 0 Å². The third-order valence-corrected chi connectivity index (χ3v) is 4.92. The van der Waals surface area contributed by atoms with Gasteiger partial charge in [-0.05, 0) is 38.5 Å². The molecule has 0 heterocycles. The van der Waals surface area contributed by atoms with Gasteiger partial charge in [-0.1, -0.05) is 50.0 Å². The van der Waals surface area contributed by atoms with Crippen LogP contribution in [0.1, 0.15) is 77.2 Å². The maximum absolute atomic E-state index is 11.8. The van der Waals surface area contributed by atoms with Crippen LogP contribution < -0.4 is 0 Å². The van der Waals surface area contributed by atoms with Gasteiger partial charge in [0, 0.05) is 12.1 Å². The maximum atomic E-state index is 11.8. The average Bonchev–Trinajstić information content (AvgIpc) is 1.96. The van der Waals surface area contributed by atoms with Gasteiger partial charge in [-0.2, -0.15) is 4.31 Å². The highest BCUT2D eigenvalue weighted by Crippen LogP contribution is 2.29. The standard InChI is InChI=1S/C13H29NO2S.3CH4/c1-11(12(2,3)4)9-10-14(13(5,6)7)17(8,15)16;;;/h11H,9-10H2,1-8H3;3*1H4/t11-;;;/m0.../s1. The summed E-state index contributed by atoms with van der Waals surface area (Å²) in [6.07, 6.45) is 2.19. The first-order valence-electron chi connectivity index (χ1n) is 6.24. The molecule has 0 aromatic heterocycles. The zero-order valence-corrected chi connectivity index (χ0v) is 13.5. The molecule has 0 aromatic rings. The molecule has 0 rings (SSSR count). The summed E-state index contributed by atoms with van der Waals surface area (Å²) in [6, 6.07) is 0. The lowest BCUT2D eigenvalue weighted by atomic mass is 9.80. The fourth-order valence-electron chi connectivity index (χ4n) is 1.74. The Morgan fingerprint density at radius 1 is 0.950 bits per heavy atom. The van der Waals surface area contributed by atoms with E-state index >= 15 is 0 Å². The van der Waals surface area contributed by atoms with Crippen molar-refractivity contribution in [1.29, 1.82) is 0 Å². The van der Waals surface area contributed by atoms with Crippen LogP contribution in [-0.4, -0.2) is 31.1 Å². The van der Waals surface area contributed by atoms with Crippen molar-refractivity contribution < 1.29 is 8.42 Å². The molecule has 0 bridgehead atoms. The van der Waals surface area contributed by atoms with Gasteiger partial charge in [0.05, 0.1) is 6.26 Å². The van der Waals surface area contributed by atoms with E-state index in [0.717, 1.165) is 6.42 Å². The van der Waals surface area contributed by atoms with Gasteiger partial charge in [0.15, 0.2) is 0 Å². The maximum Gasteiger partial charge on any atom is 0.211 e. The minimum atomic E-state index is -3.13. The van der Waals surface area contributed by atoms with Gasteiger partial charge in [-0.25, -0.2) is 8.42 Å². The number of nitrogens with zero attached hydrogens (tertiary/aromatic N) is 1. The molecule has 0 aliphatic heterocycles. The van der Waals surface area contributed by atoms with Crippen LogP contribution in [0.15, 0.2) is 0 Å². The van der Waals surface area contributed by atoms with Crippen molar-refractivity contribution in [2.75, 3.05) is 12.8 Å². The molecule has 0 saturated carbocycles. The minimum absolute atomic E-state index is 0. The van der Waals surface area contributed by atoms with Crippen LogP contribution in [0.4, 0.5) is 0 Å². The topological polar surface area (TPSA) is 37.4 Å². The van der Waals surface area contributed by atoms with Gasteiger partial charge in [-0.3, -0.25) is 0 Å². The summed E-state index contributed by atoms with van der Waals surface area (Å²) in [5.74, 6) is 0.495. The van der Waals surface area contributed by atoms with E-state index in [1.54, 1.807) is 4.31 Å². The monoisotopic (exact) mass is 311 g/mol. The Labute approximate surface area is 130 Å². The van der Waals surface area contributed by atoms with Crippen LogP contribution in [0.5, 0.6) is 0 Å². The van der Waals surface area contributed by atoms with E-state index in [1.807, 2.05) is 20.8 Å². The molecule has 0 aromatic carbocycles. The second-order valence-corrected chi connectivity index (χ2v) is 8.97. The Hall–Kier alpha value is -0.0900. The molecule has 0 N–H and O–H groups in total. The normalized spacial score (nSPS) is 13.8. The van der Waals surface area contributed by atoms with Crippen LogP contribution in [0, 0.1) is 11.3 Å². The molecule has 0 fully saturated rings. The Balaban J connectivity index is -0.000000427. The third-order valence-electron chi connectivity index (χ3n) is 3.39. The van der Waals surface area contributed by atoms with E-state index in [0.29, 0.717) is 12.5 Å². The quantitative estimate of drug-likeness (QED) is 0.730. The fraction of sp³-hybridized carbons (Fsp3) is 1.00. The van der Waals surface area contributed by atoms with Gasteiger partial charge in [-0.15, -0.1) is 0 Å². The first-order valence-corrected chi connectivity index (χ1v) is 8.09. The largest absolute Gasteiger partial charge is 0.212 e. The highest BCUT2D eigenvalue weighted by Gasteiger charge is 2.30. The van der Waals surface area contributed by atoms with Gasteiger partial charge in [0.25, 0.3) is 0 Å². The summed E-state index contributed by atoms with van der Waals surface area (Å²) in [7, 11) is -3.13. The van der Waals surface area contributed by atoms with E-state index in [4.69, 9.17) is 0 Å².